The van der Waals surface area contributed by atoms with Gasteiger partial charge in [0.15, 0.2) is 5.78 Å². The van der Waals surface area contributed by atoms with Gasteiger partial charge in [0.2, 0.25) is 59.1 Å². The number of rotatable bonds is 33. The number of nitrogens with two attached hydrogens (primary N) is 2. The van der Waals surface area contributed by atoms with Crippen molar-refractivity contribution in [1.82, 2.24) is 82.7 Å². The van der Waals surface area contributed by atoms with E-state index in [0.717, 1.165) is 0 Å². The third-order valence-corrected chi connectivity index (χ3v) is 15.7. The number of aliphatic hydroxyl groups is 1. The number of para-hydroxylation sites is 2. The zero-order chi connectivity index (χ0) is 65.1. The van der Waals surface area contributed by atoms with Gasteiger partial charge in [-0.15, -0.1) is 0 Å². The van der Waals surface area contributed by atoms with Gasteiger partial charge in [0.05, 0.1) is 32.2 Å². The Hall–Kier alpha value is -10.3. The number of aliphatic hydroxyl groups excluding tert-OH is 1. The Morgan fingerprint density at radius 1 is 0.615 bits per heavy atom. The number of aromatic amines is 4. The molecule has 10 amide bonds. The number of carboxylic acid groups (broad SMARTS) is 1. The molecule has 91 heavy (non-hydrogen) atoms. The molecule has 2 aliphatic heterocycles. The molecule has 32 nitrogen and oxygen atoms in total. The first kappa shape index (κ1) is 66.6. The summed E-state index contributed by atoms with van der Waals surface area (Å²) in [5, 5.41) is 45.3. The summed E-state index contributed by atoms with van der Waals surface area (Å²) >= 11 is 0. The van der Waals surface area contributed by atoms with Crippen LogP contribution < -0.4 is 59.3 Å². The summed E-state index contributed by atoms with van der Waals surface area (Å²) in [6.07, 6.45) is 8.06. The second-order valence-corrected chi connectivity index (χ2v) is 22.2. The SMILES string of the molecule is NCCCC[C@H](NC(=O)[C@H](Cc1c[nH]c2ccccc12)NC(=O)[C@H](CC(=O)O)NC(=O)[C@H](Cc1cnc[nH]1)NC(=O)[C@H](CO)NC(=O)[C@H](Cc1c[nH]c2ccccc12)NC(=O)[C@H](Cc1cnc[nH]1)NC(=O)[C@@H]1NCCC1=O)C(=O)N1CCC[C@H]1C(=O)NCC(N)=O. The van der Waals surface area contributed by atoms with Gasteiger partial charge in [-0.2, -0.15) is 0 Å². The minimum atomic E-state index is -1.96. The number of fused-ring (bicyclic) bond motifs is 2. The summed E-state index contributed by atoms with van der Waals surface area (Å²) in [6, 6.07) is 0.602. The Labute approximate surface area is 519 Å². The van der Waals surface area contributed by atoms with Gasteiger partial charge in [-0.1, -0.05) is 36.4 Å². The highest BCUT2D eigenvalue weighted by atomic mass is 16.4. The molecule has 0 unspecified atom stereocenters. The smallest absolute Gasteiger partial charge is 0.305 e. The molecule has 0 bridgehead atoms. The number of aliphatic carboxylic acids is 1. The highest BCUT2D eigenvalue weighted by molar-refractivity contribution is 6.08. The molecule has 0 spiro atoms. The zero-order valence-electron chi connectivity index (χ0n) is 49.4. The van der Waals surface area contributed by atoms with Crippen LogP contribution >= 0.6 is 0 Å². The van der Waals surface area contributed by atoms with Crippen LogP contribution in [0.5, 0.6) is 0 Å². The Balaban J connectivity index is 1.02. The quantitative estimate of drug-likeness (QED) is 0.0137. The van der Waals surface area contributed by atoms with Crippen molar-refractivity contribution in [1.29, 1.82) is 0 Å². The van der Waals surface area contributed by atoms with Crippen molar-refractivity contribution in [2.75, 3.05) is 32.8 Å². The molecule has 0 radical (unpaired) electrons. The van der Waals surface area contributed by atoms with E-state index < -0.39 is 145 Å². The van der Waals surface area contributed by atoms with E-state index in [1.165, 1.54) is 29.9 Å². The van der Waals surface area contributed by atoms with Crippen LogP contribution in [-0.2, 0) is 83.2 Å². The van der Waals surface area contributed by atoms with E-state index in [1.807, 2.05) is 0 Å². The maximum absolute atomic E-state index is 14.7. The van der Waals surface area contributed by atoms with Gasteiger partial charge in [0.25, 0.3) is 0 Å². The van der Waals surface area contributed by atoms with E-state index in [-0.39, 0.29) is 69.6 Å². The van der Waals surface area contributed by atoms with Crippen LogP contribution in [-0.4, -0.2) is 203 Å². The minimum absolute atomic E-state index is 0.0454. The van der Waals surface area contributed by atoms with Gasteiger partial charge in [0.1, 0.15) is 54.4 Å². The normalized spacial score (nSPS) is 16.9. The Morgan fingerprint density at radius 2 is 1.11 bits per heavy atom. The third kappa shape index (κ3) is 17.9. The van der Waals surface area contributed by atoms with E-state index in [0.29, 0.717) is 57.9 Å². The van der Waals surface area contributed by atoms with Gasteiger partial charge < -0.3 is 89.1 Å². The number of nitrogens with zero attached hydrogens (tertiary/aromatic N) is 3. The van der Waals surface area contributed by atoms with E-state index in [9.17, 15) is 67.7 Å². The average molecular weight is 1260 g/mol. The molecule has 6 aromatic rings. The van der Waals surface area contributed by atoms with Gasteiger partial charge in [-0.25, -0.2) is 9.97 Å². The van der Waals surface area contributed by atoms with Crippen LogP contribution in [0.1, 0.15) is 67.5 Å². The van der Waals surface area contributed by atoms with Crippen molar-refractivity contribution < 1.29 is 67.7 Å². The Kier molecular flexibility index (Phi) is 23.2. The van der Waals surface area contributed by atoms with Crippen LogP contribution in [0.4, 0.5) is 0 Å². The van der Waals surface area contributed by atoms with Crippen molar-refractivity contribution in [3.05, 3.63) is 108 Å². The molecule has 4 aromatic heterocycles. The number of amides is 10. The number of ketones is 1. The number of unbranched alkanes of at least 4 members (excludes halogenated alkanes) is 1. The predicted molar refractivity (Wildman–Crippen MR) is 323 cm³/mol. The van der Waals surface area contributed by atoms with Gasteiger partial charge in [0, 0.05) is 103 Å². The minimum Gasteiger partial charge on any atom is -0.481 e. The number of carbonyl (C=O) groups is 12. The van der Waals surface area contributed by atoms with Crippen LogP contribution in [0, 0.1) is 0 Å². The lowest BCUT2D eigenvalue weighted by atomic mass is 10.0. The molecule has 2 saturated heterocycles. The largest absolute Gasteiger partial charge is 0.481 e. The van der Waals surface area contributed by atoms with Crippen LogP contribution in [0.25, 0.3) is 21.8 Å². The molecule has 2 aliphatic rings. The maximum atomic E-state index is 14.7. The van der Waals surface area contributed by atoms with Gasteiger partial charge >= 0.3 is 5.97 Å². The van der Waals surface area contributed by atoms with Gasteiger partial charge in [-0.05, 0) is 61.9 Å². The molecule has 19 N–H and O–H groups in total. The molecular weight excluding hydrogens is 1180 g/mol. The number of Topliss-reactive ketones (excluding diaryl/α,β-unsaturated/α-hetero) is 1. The third-order valence-electron chi connectivity index (χ3n) is 15.7. The molecule has 0 aliphatic carbocycles. The Bertz CT molecular complexity index is 3590. The second kappa shape index (κ2) is 31.7. The number of aromatic nitrogens is 6. The van der Waals surface area contributed by atoms with Crippen molar-refractivity contribution in [2.24, 2.45) is 11.5 Å². The number of nitrogens with one attached hydrogen (secondary N) is 13. The number of benzene rings is 2. The first-order valence-corrected chi connectivity index (χ1v) is 29.6. The number of H-pyrrole nitrogens is 4. The lowest BCUT2D eigenvalue weighted by Crippen LogP contribution is -2.62. The second-order valence-electron chi connectivity index (χ2n) is 22.2. The fraction of sp³-hybridized carbons (Fsp3) is 0.424. The zero-order valence-corrected chi connectivity index (χ0v) is 49.4. The molecule has 2 fully saturated rings. The maximum Gasteiger partial charge on any atom is 0.305 e. The first-order chi connectivity index (χ1) is 43.8. The molecule has 8 rings (SSSR count). The summed E-state index contributed by atoms with van der Waals surface area (Å²) < 4.78 is 0. The highest BCUT2D eigenvalue weighted by Crippen LogP contribution is 2.23. The van der Waals surface area contributed by atoms with Crippen molar-refractivity contribution in [2.45, 2.75) is 125 Å². The summed E-state index contributed by atoms with van der Waals surface area (Å²) in [7, 11) is 0. The molecular formula is C59H74N18O14. The average Bonchev–Trinajstić information content (AvgIpc) is 1.95. The fourth-order valence-electron chi connectivity index (χ4n) is 11.0. The first-order valence-electron chi connectivity index (χ1n) is 29.6. The van der Waals surface area contributed by atoms with Crippen molar-refractivity contribution >= 4 is 92.6 Å². The number of imidazole rings is 2. The van der Waals surface area contributed by atoms with Crippen molar-refractivity contribution in [3.8, 4) is 0 Å². The topological polar surface area (TPSA) is 498 Å². The fourth-order valence-corrected chi connectivity index (χ4v) is 11.0. The number of carbonyl (C=O) groups excluding carboxylic acids is 11. The Morgan fingerprint density at radius 3 is 1.60 bits per heavy atom. The van der Waals surface area contributed by atoms with Crippen molar-refractivity contribution in [3.63, 3.8) is 0 Å². The lowest BCUT2D eigenvalue weighted by Gasteiger charge is -2.30. The molecule has 0 saturated carbocycles. The summed E-state index contributed by atoms with van der Waals surface area (Å²) in [6.45, 7) is -0.932. The number of primary amides is 1. The van der Waals surface area contributed by atoms with E-state index in [4.69, 9.17) is 11.5 Å². The van der Waals surface area contributed by atoms with Crippen LogP contribution in [0.3, 0.4) is 0 Å². The molecule has 484 valence electrons. The van der Waals surface area contributed by atoms with E-state index in [1.54, 1.807) is 60.9 Å². The lowest BCUT2D eigenvalue weighted by molar-refractivity contribution is -0.143. The number of likely N-dealkylation sites (tertiary alicyclic amines) is 1. The van der Waals surface area contributed by atoms with E-state index in [2.05, 4.69) is 77.8 Å². The number of hydrogen-bond donors (Lipinski definition) is 17. The molecule has 32 heteroatoms. The highest BCUT2D eigenvalue weighted by Gasteiger charge is 2.41. The predicted octanol–water partition coefficient (Wildman–Crippen LogP) is -4.12. The standard InChI is InChI=1S/C59H74N18O14/c60-15-6-5-12-39(59(91)77-17-7-13-46(77)57(89)67-27-48(61)80)70-51(83)40(18-31-23-65-37-10-3-1-8-35(31)37)72-55(87)44(22-49(81)82)74-53(85)42(20-33-25-62-29-68-33)73-56(88)45(28-78)76-52(84)41(19-32-24-66-38-11-4-2-9-36(32)38)71-54(86)43(21-34-26-63-30-69-34)75-58(90)50-47(79)14-16-64-50/h1-4,8-11,23-26,29-30,39-46,50,64-66,78H,5-7,12-22,27-28,60H2,(H2,61,80)(H,62,68)(H,63,69)(H,67,89)(H,70,83)(H,71,86)(H,72,87)(H,73,88)(H,74,85)(H,75,90)(H,76,84)(H,81,82)/t39-,40-,41-,42-,43-,44-,45-,46-,50+/m0/s1. The molecule has 6 heterocycles. The van der Waals surface area contributed by atoms with Crippen LogP contribution in [0.15, 0.2) is 86.0 Å². The summed E-state index contributed by atoms with van der Waals surface area (Å²) in [4.78, 5) is 186. The summed E-state index contributed by atoms with van der Waals surface area (Å²) in [5.41, 5.74) is 14.1. The van der Waals surface area contributed by atoms with Crippen LogP contribution in [0.2, 0.25) is 0 Å². The number of carboxylic acids is 1. The summed E-state index contributed by atoms with van der Waals surface area (Å²) in [5.74, 6) is -11.1. The molecule has 2 aromatic carbocycles. The molecule has 9 atom stereocenters. The van der Waals surface area contributed by atoms with E-state index >= 15 is 0 Å². The van der Waals surface area contributed by atoms with Gasteiger partial charge in [-0.3, -0.25) is 62.9 Å². The number of hydrogen-bond acceptors (Lipinski definition) is 17. The monoisotopic (exact) mass is 1260 g/mol.